The molecule has 0 unspecified atom stereocenters. The largest absolute Gasteiger partial charge is 1.00 e. The second kappa shape index (κ2) is 11.3. The van der Waals surface area contributed by atoms with Crippen LogP contribution in [-0.2, 0) is 13.1 Å². The Hall–Kier alpha value is -2.58. The number of hydrogen-bond acceptors (Lipinski definition) is 3. The van der Waals surface area contributed by atoms with Gasteiger partial charge >= 0.3 is 0 Å². The molecule has 1 aromatic carbocycles. The molecule has 3 N–H and O–H groups in total. The molecule has 0 radical (unpaired) electrons. The molecular formula is C20H20Br2N4O2. The van der Waals surface area contributed by atoms with Crippen LogP contribution >= 0.6 is 0 Å². The van der Waals surface area contributed by atoms with Gasteiger partial charge in [-0.1, -0.05) is 23.4 Å². The molecule has 146 valence electrons. The number of benzene rings is 1. The highest BCUT2D eigenvalue weighted by molar-refractivity contribution is 5.92. The molecule has 3 rings (SSSR count). The number of nitrogens with two attached hydrogens (primary N) is 1. The van der Waals surface area contributed by atoms with E-state index in [4.69, 9.17) is 10.9 Å². The van der Waals surface area contributed by atoms with Gasteiger partial charge in [-0.05, 0) is 18.2 Å². The van der Waals surface area contributed by atoms with E-state index in [1.54, 1.807) is 12.3 Å². The van der Waals surface area contributed by atoms with Crippen LogP contribution in [0, 0.1) is 0 Å². The van der Waals surface area contributed by atoms with Gasteiger partial charge in [0.1, 0.15) is 11.8 Å². The summed E-state index contributed by atoms with van der Waals surface area (Å²) in [6.07, 6.45) is 7.00. The smallest absolute Gasteiger partial charge is 0.254 e. The first kappa shape index (κ1) is 23.5. The monoisotopic (exact) mass is 506 g/mol. The number of halogens is 2. The maximum Gasteiger partial charge on any atom is 0.254 e. The lowest BCUT2D eigenvalue weighted by atomic mass is 10.1. The topological polar surface area (TPSA) is 83.4 Å². The Morgan fingerprint density at radius 1 is 1.00 bits per heavy atom. The average molecular weight is 508 g/mol. The summed E-state index contributed by atoms with van der Waals surface area (Å²) >= 11 is 0. The van der Waals surface area contributed by atoms with E-state index in [1.807, 2.05) is 64.0 Å². The number of amides is 1. The van der Waals surface area contributed by atoms with Crippen molar-refractivity contribution in [2.45, 2.75) is 13.1 Å². The van der Waals surface area contributed by atoms with Crippen LogP contribution in [0.5, 0.6) is 0 Å². The minimum atomic E-state index is -0.438. The zero-order valence-corrected chi connectivity index (χ0v) is 18.1. The summed E-state index contributed by atoms with van der Waals surface area (Å²) in [7, 11) is 0. The minimum Gasteiger partial charge on any atom is -1.00 e. The van der Waals surface area contributed by atoms with Crippen molar-refractivity contribution in [2.24, 2.45) is 10.9 Å². The number of aromatic nitrogens is 2. The van der Waals surface area contributed by atoms with Crippen LogP contribution in [0.3, 0.4) is 0 Å². The number of rotatable bonds is 6. The molecule has 0 aliphatic heterocycles. The molecule has 28 heavy (non-hydrogen) atoms. The molecule has 2 heterocycles. The Morgan fingerprint density at radius 2 is 1.75 bits per heavy atom. The van der Waals surface area contributed by atoms with Crippen molar-refractivity contribution in [3.05, 3.63) is 95.6 Å². The van der Waals surface area contributed by atoms with Gasteiger partial charge < -0.3 is 44.9 Å². The number of carbonyl (C=O) groups is 1. The molecule has 6 nitrogen and oxygen atoms in total. The Labute approximate surface area is 184 Å². The first-order valence-electron chi connectivity index (χ1n) is 8.18. The molecule has 3 aromatic rings. The summed E-state index contributed by atoms with van der Waals surface area (Å²) in [5.74, 6) is -0.438. The second-order valence-corrected chi connectivity index (χ2v) is 5.95. The highest BCUT2D eigenvalue weighted by Crippen LogP contribution is 2.06. The van der Waals surface area contributed by atoms with Crippen LogP contribution in [0.4, 0.5) is 0 Å². The molecule has 0 atom stereocenters. The van der Waals surface area contributed by atoms with Crippen LogP contribution in [0.1, 0.15) is 27.2 Å². The van der Waals surface area contributed by atoms with Crippen LogP contribution in [-0.4, -0.2) is 17.3 Å². The number of oxime groups is 1. The van der Waals surface area contributed by atoms with Crippen molar-refractivity contribution in [3.8, 4) is 0 Å². The average Bonchev–Trinajstić information content (AvgIpc) is 2.64. The molecule has 0 aliphatic rings. The third-order valence-corrected chi connectivity index (χ3v) is 4.02. The van der Waals surface area contributed by atoms with Gasteiger partial charge in [0, 0.05) is 29.3 Å². The standard InChI is InChI=1S/C20H18N4O2.2BrH/c21-20(25)18-7-4-9-23(15-18)13-16-5-3-6-17(11-16)14-24-10-2-1-8-19(24)12-22-26;;/h1-12,15H,13-14H2,(H-,21,25);2*1H. The fraction of sp³-hybridized carbons (Fsp3) is 0.100. The van der Waals surface area contributed by atoms with Gasteiger partial charge in [-0.2, -0.15) is 9.13 Å². The number of hydrogen-bond donors (Lipinski definition) is 2. The zero-order chi connectivity index (χ0) is 18.4. The molecule has 1 amide bonds. The second-order valence-electron chi connectivity index (χ2n) is 5.95. The van der Waals surface area contributed by atoms with Gasteiger partial charge in [0.15, 0.2) is 31.7 Å². The van der Waals surface area contributed by atoms with Crippen molar-refractivity contribution >= 4 is 12.1 Å². The molecule has 0 fully saturated rings. The molecular weight excluding hydrogens is 488 g/mol. The van der Waals surface area contributed by atoms with E-state index in [9.17, 15) is 4.79 Å². The third-order valence-electron chi connectivity index (χ3n) is 4.02. The quantitative estimate of drug-likeness (QED) is 0.152. The molecule has 2 aromatic heterocycles. The van der Waals surface area contributed by atoms with Gasteiger partial charge in [-0.25, -0.2) is 0 Å². The molecule has 0 bridgehead atoms. The summed E-state index contributed by atoms with van der Waals surface area (Å²) < 4.78 is 3.93. The minimum absolute atomic E-state index is 0. The van der Waals surface area contributed by atoms with Crippen LogP contribution in [0.2, 0.25) is 0 Å². The Balaban J connectivity index is 0.00000196. The Bertz CT molecular complexity index is 964. The predicted molar refractivity (Wildman–Crippen MR) is 95.8 cm³/mol. The fourth-order valence-corrected chi connectivity index (χ4v) is 2.81. The van der Waals surface area contributed by atoms with E-state index < -0.39 is 5.91 Å². The molecule has 8 heteroatoms. The van der Waals surface area contributed by atoms with E-state index in [2.05, 4.69) is 11.2 Å². The lowest BCUT2D eigenvalue weighted by molar-refractivity contribution is -0.689. The molecule has 0 saturated heterocycles. The summed E-state index contributed by atoms with van der Waals surface area (Å²) in [6.45, 7) is 1.29. The van der Waals surface area contributed by atoms with E-state index >= 15 is 0 Å². The van der Waals surface area contributed by atoms with Gasteiger partial charge in [0.25, 0.3) is 5.91 Å². The van der Waals surface area contributed by atoms with E-state index in [1.165, 1.54) is 6.21 Å². The van der Waals surface area contributed by atoms with E-state index in [0.29, 0.717) is 18.7 Å². The molecule has 0 saturated carbocycles. The van der Waals surface area contributed by atoms with Crippen molar-refractivity contribution in [2.75, 3.05) is 0 Å². The number of carbonyl (C=O) groups excluding carboxylic acids is 1. The zero-order valence-electron chi connectivity index (χ0n) is 15.0. The first-order valence-corrected chi connectivity index (χ1v) is 8.18. The van der Waals surface area contributed by atoms with Crippen molar-refractivity contribution < 1.29 is 53.1 Å². The number of pyridine rings is 2. The maximum atomic E-state index is 11.3. The summed E-state index contributed by atoms with van der Waals surface area (Å²) in [6, 6.07) is 17.4. The first-order chi connectivity index (χ1) is 12.7. The highest BCUT2D eigenvalue weighted by atomic mass is 79.9. The van der Waals surface area contributed by atoms with Crippen LogP contribution in [0.15, 0.2) is 78.3 Å². The van der Waals surface area contributed by atoms with E-state index in [0.717, 1.165) is 16.8 Å². The van der Waals surface area contributed by atoms with Crippen molar-refractivity contribution in [1.29, 1.82) is 0 Å². The summed E-state index contributed by atoms with van der Waals surface area (Å²) in [4.78, 5) is 11.3. The Morgan fingerprint density at radius 3 is 2.46 bits per heavy atom. The van der Waals surface area contributed by atoms with Gasteiger partial charge in [-0.3, -0.25) is 4.79 Å². The third kappa shape index (κ3) is 6.24. The summed E-state index contributed by atoms with van der Waals surface area (Å²) in [5.41, 5.74) is 8.87. The fourth-order valence-electron chi connectivity index (χ4n) is 2.81. The maximum absolute atomic E-state index is 11.3. The Kier molecular flexibility index (Phi) is 9.47. The number of nitrogens with zero attached hydrogens (tertiary/aromatic N) is 3. The predicted octanol–water partition coefficient (Wildman–Crippen LogP) is -4.73. The van der Waals surface area contributed by atoms with Crippen LogP contribution < -0.4 is 48.8 Å². The van der Waals surface area contributed by atoms with E-state index in [-0.39, 0.29) is 34.0 Å². The SMILES string of the molecule is NC(=O)c1ccc[n+](Cc2cccc(C[n+]3ccccc3/C=N/O)c2)c1.[Br-].[Br-]. The van der Waals surface area contributed by atoms with Gasteiger partial charge in [0.05, 0.1) is 0 Å². The summed E-state index contributed by atoms with van der Waals surface area (Å²) in [5, 5.41) is 11.9. The van der Waals surface area contributed by atoms with Gasteiger partial charge in [0.2, 0.25) is 5.69 Å². The number of primary amides is 1. The molecule has 0 aliphatic carbocycles. The van der Waals surface area contributed by atoms with Gasteiger partial charge in [-0.15, -0.1) is 0 Å². The highest BCUT2D eigenvalue weighted by Gasteiger charge is 2.11. The van der Waals surface area contributed by atoms with Crippen LogP contribution in [0.25, 0.3) is 0 Å². The molecule has 0 spiro atoms. The normalized spacial score (nSPS) is 10.1. The van der Waals surface area contributed by atoms with Crippen molar-refractivity contribution in [3.63, 3.8) is 0 Å². The van der Waals surface area contributed by atoms with Crippen molar-refractivity contribution in [1.82, 2.24) is 0 Å². The lowest BCUT2D eigenvalue weighted by Gasteiger charge is -2.03. The lowest BCUT2D eigenvalue weighted by Crippen LogP contribution is -3.00.